The van der Waals surface area contributed by atoms with Crippen LogP contribution in [0.1, 0.15) is 46.5 Å². The molecule has 5 rings (SSSR count). The van der Waals surface area contributed by atoms with E-state index >= 15 is 0 Å². The Hall–Kier alpha value is -2.41. The van der Waals surface area contributed by atoms with Gasteiger partial charge in [0.15, 0.2) is 5.58 Å². The molecule has 3 aliphatic heterocycles. The van der Waals surface area contributed by atoms with E-state index in [1.54, 1.807) is 11.0 Å². The molecule has 0 aliphatic carbocycles. The Morgan fingerprint density at radius 3 is 2.88 bits per heavy atom. The Bertz CT molecular complexity index is 857. The van der Waals surface area contributed by atoms with E-state index in [4.69, 9.17) is 4.42 Å². The average molecular weight is 340 g/mol. The molecule has 0 unspecified atom stereocenters. The molecule has 7 heteroatoms. The molecule has 3 saturated heterocycles. The molecule has 2 aromatic rings. The van der Waals surface area contributed by atoms with E-state index in [9.17, 15) is 9.59 Å². The zero-order valence-corrected chi connectivity index (χ0v) is 13.8. The van der Waals surface area contributed by atoms with Gasteiger partial charge in [0.05, 0.1) is 11.8 Å². The van der Waals surface area contributed by atoms with Gasteiger partial charge < -0.3 is 20.0 Å². The van der Waals surface area contributed by atoms with Crippen molar-refractivity contribution in [3.8, 4) is 0 Å². The van der Waals surface area contributed by atoms with Crippen LogP contribution in [0.5, 0.6) is 0 Å². The van der Waals surface area contributed by atoms with E-state index in [2.05, 4.69) is 15.6 Å². The van der Waals surface area contributed by atoms with Gasteiger partial charge in [-0.1, -0.05) is 0 Å². The van der Waals surface area contributed by atoms with E-state index in [0.29, 0.717) is 34.3 Å². The van der Waals surface area contributed by atoms with Crippen molar-refractivity contribution in [2.24, 2.45) is 0 Å². The zero-order chi connectivity index (χ0) is 17.0. The quantitative estimate of drug-likeness (QED) is 0.879. The van der Waals surface area contributed by atoms with Crippen LogP contribution in [-0.2, 0) is 0 Å². The van der Waals surface area contributed by atoms with E-state index in [0.717, 1.165) is 32.4 Å². The fourth-order valence-electron chi connectivity index (χ4n) is 4.14. The molecule has 0 spiro atoms. The molecular formula is C18H20N4O3. The summed E-state index contributed by atoms with van der Waals surface area (Å²) in [6.07, 6.45) is 7.30. The molecule has 2 bridgehead atoms. The summed E-state index contributed by atoms with van der Waals surface area (Å²) in [4.78, 5) is 31.1. The molecule has 25 heavy (non-hydrogen) atoms. The molecule has 0 saturated carbocycles. The first-order chi connectivity index (χ1) is 12.2. The fourth-order valence-corrected chi connectivity index (χ4v) is 4.14. The van der Waals surface area contributed by atoms with Crippen molar-refractivity contribution in [1.82, 2.24) is 20.5 Å². The zero-order valence-electron chi connectivity index (χ0n) is 13.8. The number of hydrogen-bond acceptors (Lipinski definition) is 5. The van der Waals surface area contributed by atoms with Gasteiger partial charge in [0.2, 0.25) is 0 Å². The van der Waals surface area contributed by atoms with Gasteiger partial charge in [0.25, 0.3) is 11.8 Å². The first-order valence-corrected chi connectivity index (χ1v) is 8.92. The minimum Gasteiger partial charge on any atom is -0.462 e. The Morgan fingerprint density at radius 2 is 2.20 bits per heavy atom. The molecule has 3 fully saturated rings. The van der Waals surface area contributed by atoms with Crippen molar-refractivity contribution >= 4 is 22.8 Å². The lowest BCUT2D eigenvalue weighted by molar-refractivity contribution is 0.0652. The standard InChI is InChI=1S/C18H20N4O3/c23-17(21-14-6-10-2-3-13(14)20-10)15-7-11-12(9-25-16(11)8-19-15)18(24)22-4-1-5-22/h7-10,13-14,20H,1-6H2,(H,21,23)/t10-,13+,14-/m1/s1. The van der Waals surface area contributed by atoms with Gasteiger partial charge in [-0.05, 0) is 31.7 Å². The Morgan fingerprint density at radius 1 is 1.32 bits per heavy atom. The monoisotopic (exact) mass is 340 g/mol. The predicted octanol–water partition coefficient (Wildman–Crippen LogP) is 1.30. The summed E-state index contributed by atoms with van der Waals surface area (Å²) in [5.41, 5.74) is 1.36. The number of carbonyl (C=O) groups excluding carboxylic acids is 2. The van der Waals surface area contributed by atoms with Gasteiger partial charge in [-0.25, -0.2) is 4.98 Å². The van der Waals surface area contributed by atoms with Crippen LogP contribution in [0.4, 0.5) is 0 Å². The van der Waals surface area contributed by atoms with E-state index < -0.39 is 0 Å². The third-order valence-electron chi connectivity index (χ3n) is 5.68. The third kappa shape index (κ3) is 2.41. The number of carbonyl (C=O) groups is 2. The number of fused-ring (bicyclic) bond motifs is 3. The van der Waals surface area contributed by atoms with Gasteiger partial charge in [0.1, 0.15) is 12.0 Å². The summed E-state index contributed by atoms with van der Waals surface area (Å²) in [6, 6.07) is 2.73. The van der Waals surface area contributed by atoms with Crippen LogP contribution in [0.2, 0.25) is 0 Å². The van der Waals surface area contributed by atoms with Crippen molar-refractivity contribution in [3.63, 3.8) is 0 Å². The molecule has 2 amide bonds. The molecule has 2 N–H and O–H groups in total. The van der Waals surface area contributed by atoms with Gasteiger partial charge >= 0.3 is 0 Å². The molecule has 3 atom stereocenters. The minimum atomic E-state index is -0.190. The topological polar surface area (TPSA) is 87.5 Å². The van der Waals surface area contributed by atoms with Crippen LogP contribution in [0.25, 0.3) is 11.0 Å². The first-order valence-electron chi connectivity index (χ1n) is 8.92. The summed E-state index contributed by atoms with van der Waals surface area (Å²) in [5.74, 6) is -0.232. The molecular weight excluding hydrogens is 320 g/mol. The van der Waals surface area contributed by atoms with E-state index in [1.807, 2.05) is 0 Å². The number of amides is 2. The molecule has 5 heterocycles. The van der Waals surface area contributed by atoms with Crippen molar-refractivity contribution in [1.29, 1.82) is 0 Å². The SMILES string of the molecule is O=C(N[C@@H]1C[C@H]2CC[C@@H]1N2)c1cc2c(C(=O)N3CCC3)coc2cn1. The number of nitrogens with zero attached hydrogens (tertiary/aromatic N) is 2. The third-order valence-corrected chi connectivity index (χ3v) is 5.68. The highest BCUT2D eigenvalue weighted by molar-refractivity contribution is 6.07. The van der Waals surface area contributed by atoms with E-state index in [-0.39, 0.29) is 17.9 Å². The largest absolute Gasteiger partial charge is 0.462 e. The summed E-state index contributed by atoms with van der Waals surface area (Å²) in [5, 5.41) is 7.25. The number of likely N-dealkylation sites (tertiary alicyclic amines) is 1. The lowest BCUT2D eigenvalue weighted by Gasteiger charge is -2.30. The number of pyridine rings is 1. The molecule has 0 aromatic carbocycles. The number of nitrogens with one attached hydrogen (secondary N) is 2. The van der Waals surface area contributed by atoms with Crippen molar-refractivity contribution in [2.45, 2.75) is 43.8 Å². The molecule has 0 radical (unpaired) electrons. The highest BCUT2D eigenvalue weighted by atomic mass is 16.3. The molecule has 3 aliphatic rings. The molecule has 130 valence electrons. The first kappa shape index (κ1) is 14.9. The minimum absolute atomic E-state index is 0.0418. The maximum absolute atomic E-state index is 12.6. The Kier molecular flexibility index (Phi) is 3.31. The number of hydrogen-bond donors (Lipinski definition) is 2. The van der Waals surface area contributed by atoms with Gasteiger partial charge in [-0.3, -0.25) is 9.59 Å². The number of rotatable bonds is 3. The maximum atomic E-state index is 12.6. The van der Waals surface area contributed by atoms with Crippen LogP contribution < -0.4 is 10.6 Å². The number of aromatic nitrogens is 1. The second kappa shape index (κ2) is 5.56. The van der Waals surface area contributed by atoms with Gasteiger partial charge in [-0.15, -0.1) is 0 Å². The van der Waals surface area contributed by atoms with Crippen LogP contribution >= 0.6 is 0 Å². The van der Waals surface area contributed by atoms with Crippen LogP contribution in [0, 0.1) is 0 Å². The molecule has 2 aromatic heterocycles. The van der Waals surface area contributed by atoms with Gasteiger partial charge in [0, 0.05) is 36.6 Å². The van der Waals surface area contributed by atoms with Crippen molar-refractivity contribution < 1.29 is 14.0 Å². The van der Waals surface area contributed by atoms with Crippen molar-refractivity contribution in [3.05, 3.63) is 29.8 Å². The summed E-state index contributed by atoms with van der Waals surface area (Å²) in [7, 11) is 0. The lowest BCUT2D eigenvalue weighted by Crippen LogP contribution is -2.43. The smallest absolute Gasteiger partial charge is 0.270 e. The highest BCUT2D eigenvalue weighted by Gasteiger charge is 2.39. The lowest BCUT2D eigenvalue weighted by atomic mass is 9.95. The number of furan rings is 1. The van der Waals surface area contributed by atoms with Crippen LogP contribution in [0.15, 0.2) is 22.9 Å². The molecule has 7 nitrogen and oxygen atoms in total. The Balaban J connectivity index is 1.39. The maximum Gasteiger partial charge on any atom is 0.270 e. The average Bonchev–Trinajstić information content (AvgIpc) is 3.27. The van der Waals surface area contributed by atoms with E-state index in [1.165, 1.54) is 18.9 Å². The van der Waals surface area contributed by atoms with Gasteiger partial charge in [-0.2, -0.15) is 0 Å². The second-order valence-corrected chi connectivity index (χ2v) is 7.22. The van der Waals surface area contributed by atoms with Crippen LogP contribution in [0.3, 0.4) is 0 Å². The summed E-state index contributed by atoms with van der Waals surface area (Å²) in [6.45, 7) is 1.56. The Labute approximate surface area is 144 Å². The predicted molar refractivity (Wildman–Crippen MR) is 90.3 cm³/mol. The fraction of sp³-hybridized carbons (Fsp3) is 0.500. The second-order valence-electron chi connectivity index (χ2n) is 7.22. The summed E-state index contributed by atoms with van der Waals surface area (Å²) < 4.78 is 5.45. The highest BCUT2D eigenvalue weighted by Crippen LogP contribution is 2.29. The normalized spacial score (nSPS) is 27.5. The van der Waals surface area contributed by atoms with Crippen molar-refractivity contribution in [2.75, 3.05) is 13.1 Å². The van der Waals surface area contributed by atoms with Crippen LogP contribution in [-0.4, -0.2) is 52.9 Å². The summed E-state index contributed by atoms with van der Waals surface area (Å²) >= 11 is 0.